The molecule has 136 valence electrons. The molecule has 25 heavy (non-hydrogen) atoms. The van der Waals surface area contributed by atoms with Gasteiger partial charge in [0.25, 0.3) is 0 Å². The first-order valence-corrected chi connectivity index (χ1v) is 9.11. The van der Waals surface area contributed by atoms with E-state index in [2.05, 4.69) is 6.92 Å². The van der Waals surface area contributed by atoms with Gasteiger partial charge in [0.05, 0.1) is 5.69 Å². The Morgan fingerprint density at radius 3 is 2.48 bits per heavy atom. The van der Waals surface area contributed by atoms with Crippen LogP contribution in [-0.2, 0) is 19.1 Å². The Hall–Kier alpha value is -2.01. The molecule has 1 aliphatic heterocycles. The third-order valence-corrected chi connectivity index (χ3v) is 4.48. The number of amides is 2. The van der Waals surface area contributed by atoms with Crippen LogP contribution in [0, 0.1) is 0 Å². The van der Waals surface area contributed by atoms with E-state index < -0.39 is 11.8 Å². The number of Topliss-reactive ketones (excluding diaryl/α,β-unsaturated/α-hetero) is 1. The predicted octanol–water partition coefficient (Wildman–Crippen LogP) is 3.61. The maximum absolute atomic E-state index is 12.5. The molecule has 1 unspecified atom stereocenters. The Kier molecular flexibility index (Phi) is 7.31. The zero-order valence-corrected chi connectivity index (χ0v) is 15.1. The molecule has 5 heteroatoms. The number of benzene rings is 1. The predicted molar refractivity (Wildman–Crippen MR) is 96.6 cm³/mol. The summed E-state index contributed by atoms with van der Waals surface area (Å²) in [6.45, 7) is 3.95. The van der Waals surface area contributed by atoms with Crippen LogP contribution in [0.25, 0.3) is 0 Å². The van der Waals surface area contributed by atoms with Crippen molar-refractivity contribution in [2.75, 3.05) is 18.1 Å². The summed E-state index contributed by atoms with van der Waals surface area (Å²) in [6, 6.07) is 6.95. The van der Waals surface area contributed by atoms with Crippen molar-refractivity contribution in [2.45, 2.75) is 58.3 Å². The molecule has 0 radical (unpaired) electrons. The maximum atomic E-state index is 12.5. The number of unbranched alkanes of at least 4 members (excludes halogenated alkanes) is 5. The molecule has 1 heterocycles. The number of hydrogen-bond donors (Lipinski definition) is 0. The SMILES string of the molecule is CCCCCCCCOCC(=O)C1C(=O)N(C(C)=O)c2ccccc21. The normalized spacial score (nSPS) is 16.2. The van der Waals surface area contributed by atoms with E-state index >= 15 is 0 Å². The molecule has 0 aliphatic carbocycles. The average molecular weight is 345 g/mol. The molecule has 0 aromatic heterocycles. The van der Waals surface area contributed by atoms with E-state index in [0.29, 0.717) is 17.9 Å². The van der Waals surface area contributed by atoms with Gasteiger partial charge in [0.15, 0.2) is 5.78 Å². The van der Waals surface area contributed by atoms with Gasteiger partial charge in [-0.05, 0) is 18.1 Å². The van der Waals surface area contributed by atoms with Crippen LogP contribution in [0.15, 0.2) is 24.3 Å². The lowest BCUT2D eigenvalue weighted by atomic mass is 9.96. The van der Waals surface area contributed by atoms with Gasteiger partial charge >= 0.3 is 0 Å². The first kappa shape index (κ1) is 19.3. The molecule has 0 saturated carbocycles. The van der Waals surface area contributed by atoms with E-state index in [-0.39, 0.29) is 18.3 Å². The third kappa shape index (κ3) is 4.75. The summed E-state index contributed by atoms with van der Waals surface area (Å²) >= 11 is 0. The molecule has 1 aromatic carbocycles. The first-order chi connectivity index (χ1) is 12.1. The van der Waals surface area contributed by atoms with E-state index in [1.165, 1.54) is 32.6 Å². The Morgan fingerprint density at radius 1 is 1.08 bits per heavy atom. The number of imide groups is 1. The first-order valence-electron chi connectivity index (χ1n) is 9.11. The van der Waals surface area contributed by atoms with Crippen molar-refractivity contribution in [3.63, 3.8) is 0 Å². The molecular weight excluding hydrogens is 318 g/mol. The number of ketones is 1. The second-order valence-corrected chi connectivity index (χ2v) is 6.47. The monoisotopic (exact) mass is 345 g/mol. The fraction of sp³-hybridized carbons (Fsp3) is 0.550. The standard InChI is InChI=1S/C20H27NO4/c1-3-4-5-6-7-10-13-25-14-18(23)19-16-11-8-9-12-17(16)21(15(2)22)20(19)24/h8-9,11-12,19H,3-7,10,13-14H2,1-2H3. The minimum absolute atomic E-state index is 0.0918. The van der Waals surface area contributed by atoms with Gasteiger partial charge in [-0.25, -0.2) is 4.90 Å². The van der Waals surface area contributed by atoms with Crippen LogP contribution in [0.2, 0.25) is 0 Å². The number of fused-ring (bicyclic) bond motifs is 1. The fourth-order valence-corrected chi connectivity index (χ4v) is 3.19. The van der Waals surface area contributed by atoms with Crippen LogP contribution >= 0.6 is 0 Å². The van der Waals surface area contributed by atoms with Crippen molar-refractivity contribution >= 4 is 23.3 Å². The van der Waals surface area contributed by atoms with E-state index in [4.69, 9.17) is 4.74 Å². The smallest absolute Gasteiger partial charge is 0.249 e. The van der Waals surface area contributed by atoms with Crippen LogP contribution in [0.1, 0.15) is 63.9 Å². The molecular formula is C20H27NO4. The summed E-state index contributed by atoms with van der Waals surface area (Å²) in [6.07, 6.45) is 6.93. The van der Waals surface area contributed by atoms with Crippen molar-refractivity contribution in [1.82, 2.24) is 0 Å². The highest BCUT2D eigenvalue weighted by Crippen LogP contribution is 2.37. The number of para-hydroxylation sites is 1. The van der Waals surface area contributed by atoms with Crippen molar-refractivity contribution in [3.05, 3.63) is 29.8 Å². The number of carbonyl (C=O) groups is 3. The lowest BCUT2D eigenvalue weighted by molar-refractivity contribution is -0.132. The summed E-state index contributed by atoms with van der Waals surface area (Å²) in [5, 5.41) is 0. The number of carbonyl (C=O) groups excluding carboxylic acids is 3. The zero-order chi connectivity index (χ0) is 18.2. The van der Waals surface area contributed by atoms with Crippen LogP contribution in [0.5, 0.6) is 0 Å². The molecule has 0 spiro atoms. The lowest BCUT2D eigenvalue weighted by Crippen LogP contribution is -2.36. The average Bonchev–Trinajstić information content (AvgIpc) is 2.89. The number of nitrogens with zero attached hydrogens (tertiary/aromatic N) is 1. The molecule has 1 atom stereocenters. The van der Waals surface area contributed by atoms with Crippen molar-refractivity contribution in [2.24, 2.45) is 0 Å². The van der Waals surface area contributed by atoms with Gasteiger partial charge in [-0.1, -0.05) is 57.2 Å². The lowest BCUT2D eigenvalue weighted by Gasteiger charge is -2.13. The van der Waals surface area contributed by atoms with Gasteiger partial charge in [0.2, 0.25) is 11.8 Å². The van der Waals surface area contributed by atoms with Crippen molar-refractivity contribution in [1.29, 1.82) is 0 Å². The molecule has 1 aromatic rings. The van der Waals surface area contributed by atoms with Crippen LogP contribution < -0.4 is 4.90 Å². The molecule has 1 aliphatic rings. The number of rotatable bonds is 10. The van der Waals surface area contributed by atoms with Gasteiger partial charge in [-0.2, -0.15) is 0 Å². The molecule has 0 fully saturated rings. The number of ether oxygens (including phenoxy) is 1. The highest BCUT2D eigenvalue weighted by molar-refractivity contribution is 6.27. The van der Waals surface area contributed by atoms with Crippen LogP contribution in [0.4, 0.5) is 5.69 Å². The second-order valence-electron chi connectivity index (χ2n) is 6.47. The van der Waals surface area contributed by atoms with Crippen molar-refractivity contribution < 1.29 is 19.1 Å². The van der Waals surface area contributed by atoms with Crippen molar-refractivity contribution in [3.8, 4) is 0 Å². The quantitative estimate of drug-likeness (QED) is 0.480. The highest BCUT2D eigenvalue weighted by atomic mass is 16.5. The second kappa shape index (κ2) is 9.47. The Bertz CT molecular complexity index is 626. The van der Waals surface area contributed by atoms with Crippen LogP contribution in [-0.4, -0.2) is 30.8 Å². The highest BCUT2D eigenvalue weighted by Gasteiger charge is 2.43. The van der Waals surface area contributed by atoms with E-state index in [1.54, 1.807) is 24.3 Å². The summed E-state index contributed by atoms with van der Waals surface area (Å²) < 4.78 is 5.47. The number of hydrogen-bond acceptors (Lipinski definition) is 4. The Morgan fingerprint density at radius 2 is 1.76 bits per heavy atom. The summed E-state index contributed by atoms with van der Waals surface area (Å²) in [5.74, 6) is -2.06. The topological polar surface area (TPSA) is 63.7 Å². The molecule has 0 N–H and O–H groups in total. The Balaban J connectivity index is 1.85. The van der Waals surface area contributed by atoms with Gasteiger partial charge < -0.3 is 4.74 Å². The molecule has 0 saturated heterocycles. The van der Waals surface area contributed by atoms with E-state index in [9.17, 15) is 14.4 Å². The fourth-order valence-electron chi connectivity index (χ4n) is 3.19. The third-order valence-electron chi connectivity index (χ3n) is 4.48. The molecule has 0 bridgehead atoms. The molecule has 2 amide bonds. The van der Waals surface area contributed by atoms with Gasteiger partial charge in [0.1, 0.15) is 12.5 Å². The largest absolute Gasteiger partial charge is 0.374 e. The minimum atomic E-state index is -0.926. The number of anilines is 1. The molecule has 2 rings (SSSR count). The van der Waals surface area contributed by atoms with Crippen LogP contribution in [0.3, 0.4) is 0 Å². The van der Waals surface area contributed by atoms with E-state index in [1.807, 2.05) is 0 Å². The van der Waals surface area contributed by atoms with E-state index in [0.717, 1.165) is 17.7 Å². The molecule has 5 nitrogen and oxygen atoms in total. The Labute approximate surface area is 149 Å². The maximum Gasteiger partial charge on any atom is 0.249 e. The summed E-state index contributed by atoms with van der Waals surface area (Å²) in [7, 11) is 0. The zero-order valence-electron chi connectivity index (χ0n) is 15.1. The van der Waals surface area contributed by atoms with Gasteiger partial charge in [0, 0.05) is 13.5 Å². The van der Waals surface area contributed by atoms with Gasteiger partial charge in [-0.15, -0.1) is 0 Å². The minimum Gasteiger partial charge on any atom is -0.374 e. The summed E-state index contributed by atoms with van der Waals surface area (Å²) in [5.41, 5.74) is 1.10. The summed E-state index contributed by atoms with van der Waals surface area (Å²) in [4.78, 5) is 37.8. The van der Waals surface area contributed by atoms with Gasteiger partial charge in [-0.3, -0.25) is 14.4 Å².